The molecule has 0 bridgehead atoms. The van der Waals surface area contributed by atoms with Crippen LogP contribution in [-0.2, 0) is 12.6 Å². The van der Waals surface area contributed by atoms with Crippen molar-refractivity contribution in [3.8, 4) is 11.4 Å². The van der Waals surface area contributed by atoms with Gasteiger partial charge in [-0.2, -0.15) is 18.2 Å². The number of nitrogens with zero attached hydrogens (tertiary/aromatic N) is 7. The summed E-state index contributed by atoms with van der Waals surface area (Å²) < 4.78 is 46.0. The molecule has 1 amide bonds. The van der Waals surface area contributed by atoms with Crippen LogP contribution in [0.5, 0.6) is 0 Å². The van der Waals surface area contributed by atoms with E-state index in [0.29, 0.717) is 42.4 Å². The molecule has 1 aliphatic heterocycles. The van der Waals surface area contributed by atoms with Gasteiger partial charge in [0.25, 0.3) is 5.91 Å². The summed E-state index contributed by atoms with van der Waals surface area (Å²) in [6, 6.07) is 3.27. The number of hydrogen-bond acceptors (Lipinski definition) is 9. The fraction of sp³-hybridized carbons (Fsp3) is 0.444. The molecular weight excluding hydrogens is 435 g/mol. The van der Waals surface area contributed by atoms with Crippen LogP contribution in [0.3, 0.4) is 0 Å². The molecular formula is C18H18F3N7O2S. The number of hydrogen-bond donors (Lipinski definition) is 0. The van der Waals surface area contributed by atoms with Gasteiger partial charge in [-0.25, -0.2) is 4.98 Å². The number of carbonyl (C=O) groups is 1. The lowest BCUT2D eigenvalue weighted by Gasteiger charge is -2.35. The van der Waals surface area contributed by atoms with Gasteiger partial charge in [0.05, 0.1) is 5.69 Å². The summed E-state index contributed by atoms with van der Waals surface area (Å²) in [6.45, 7) is 4.22. The average Bonchev–Trinajstić information content (AvgIpc) is 3.44. The van der Waals surface area contributed by atoms with E-state index in [1.807, 2.05) is 11.8 Å². The third-order valence-corrected chi connectivity index (χ3v) is 5.56. The summed E-state index contributed by atoms with van der Waals surface area (Å²) in [5.74, 6) is -0.978. The summed E-state index contributed by atoms with van der Waals surface area (Å²) in [7, 11) is 0. The first-order valence-corrected chi connectivity index (χ1v) is 10.4. The monoisotopic (exact) mass is 453 g/mol. The zero-order valence-electron chi connectivity index (χ0n) is 16.5. The Bertz CT molecular complexity index is 1040. The van der Waals surface area contributed by atoms with Crippen molar-refractivity contribution in [1.29, 1.82) is 0 Å². The normalized spacial score (nSPS) is 14.8. The second kappa shape index (κ2) is 8.57. The predicted octanol–water partition coefficient (Wildman–Crippen LogP) is 2.92. The minimum atomic E-state index is -4.69. The van der Waals surface area contributed by atoms with E-state index in [1.165, 1.54) is 6.20 Å². The fourth-order valence-electron chi connectivity index (χ4n) is 3.21. The highest BCUT2D eigenvalue weighted by atomic mass is 32.1. The van der Waals surface area contributed by atoms with Gasteiger partial charge in [-0.3, -0.25) is 4.79 Å². The number of amides is 1. The lowest BCUT2D eigenvalue weighted by molar-refractivity contribution is -0.159. The van der Waals surface area contributed by atoms with Gasteiger partial charge in [0, 0.05) is 37.9 Å². The molecule has 0 unspecified atom stereocenters. The Morgan fingerprint density at radius 1 is 1.23 bits per heavy atom. The minimum absolute atomic E-state index is 0.0565. The van der Waals surface area contributed by atoms with Crippen molar-refractivity contribution in [2.24, 2.45) is 0 Å². The summed E-state index contributed by atoms with van der Waals surface area (Å²) >= 11 is 1.12. The average molecular weight is 453 g/mol. The van der Waals surface area contributed by atoms with Crippen molar-refractivity contribution in [1.82, 2.24) is 29.6 Å². The number of piperazine rings is 1. The number of anilines is 1. The molecule has 0 radical (unpaired) electrons. The fourth-order valence-corrected chi connectivity index (χ4v) is 3.89. The zero-order valence-corrected chi connectivity index (χ0v) is 17.3. The number of carbonyl (C=O) groups excluding carboxylic acids is 1. The highest BCUT2D eigenvalue weighted by Gasteiger charge is 2.38. The standard InChI is InChI=1S/C18H18F3N7O2S/c1-2-3-12-14(31-26-24-12)16(29)28-8-6-27(7-9-28)13-5-4-11(10-22-13)15-23-17(30-25-15)18(19,20)21/h4-5,10H,2-3,6-9H2,1H3. The third-order valence-electron chi connectivity index (χ3n) is 4.80. The smallest absolute Gasteiger partial charge is 0.353 e. The van der Waals surface area contributed by atoms with Crippen LogP contribution >= 0.6 is 11.5 Å². The lowest BCUT2D eigenvalue weighted by Crippen LogP contribution is -2.49. The van der Waals surface area contributed by atoms with Gasteiger partial charge < -0.3 is 14.3 Å². The Hall–Kier alpha value is -3.09. The predicted molar refractivity (Wildman–Crippen MR) is 105 cm³/mol. The summed E-state index contributed by atoms with van der Waals surface area (Å²) in [5, 5.41) is 7.41. The maximum absolute atomic E-state index is 12.8. The van der Waals surface area contributed by atoms with E-state index in [-0.39, 0.29) is 11.7 Å². The van der Waals surface area contributed by atoms with Crippen LogP contribution in [-0.4, -0.2) is 61.7 Å². The Morgan fingerprint density at radius 2 is 2.00 bits per heavy atom. The van der Waals surface area contributed by atoms with E-state index in [0.717, 1.165) is 30.1 Å². The maximum Gasteiger partial charge on any atom is 0.471 e. The SMILES string of the molecule is CCCc1nnsc1C(=O)N1CCN(c2ccc(-c3noc(C(F)(F)F)n3)cn2)CC1. The van der Waals surface area contributed by atoms with Crippen LogP contribution in [0.25, 0.3) is 11.4 Å². The molecule has 4 heterocycles. The molecule has 0 atom stereocenters. The Kier molecular flexibility index (Phi) is 5.85. The first-order valence-electron chi connectivity index (χ1n) is 9.59. The largest absolute Gasteiger partial charge is 0.471 e. The van der Waals surface area contributed by atoms with E-state index in [2.05, 4.69) is 29.2 Å². The molecule has 13 heteroatoms. The van der Waals surface area contributed by atoms with Crippen LogP contribution in [0.2, 0.25) is 0 Å². The van der Waals surface area contributed by atoms with Crippen molar-refractivity contribution >= 4 is 23.3 Å². The molecule has 0 aromatic carbocycles. The molecule has 0 saturated carbocycles. The van der Waals surface area contributed by atoms with Crippen LogP contribution in [0.4, 0.5) is 19.0 Å². The molecule has 31 heavy (non-hydrogen) atoms. The van der Waals surface area contributed by atoms with Crippen LogP contribution < -0.4 is 4.90 Å². The molecule has 0 N–H and O–H groups in total. The Balaban J connectivity index is 1.38. The molecule has 1 fully saturated rings. The van der Waals surface area contributed by atoms with Crippen LogP contribution in [0.1, 0.15) is 34.6 Å². The number of aromatic nitrogens is 5. The van der Waals surface area contributed by atoms with E-state index in [4.69, 9.17) is 0 Å². The highest BCUT2D eigenvalue weighted by Crippen LogP contribution is 2.29. The van der Waals surface area contributed by atoms with E-state index >= 15 is 0 Å². The Morgan fingerprint density at radius 3 is 2.61 bits per heavy atom. The topological polar surface area (TPSA) is 101 Å². The van der Waals surface area contributed by atoms with Gasteiger partial charge in [0.15, 0.2) is 0 Å². The number of halogens is 3. The van der Waals surface area contributed by atoms with Gasteiger partial charge >= 0.3 is 12.1 Å². The second-order valence-corrected chi connectivity index (χ2v) is 7.66. The quantitative estimate of drug-likeness (QED) is 0.581. The van der Waals surface area contributed by atoms with E-state index < -0.39 is 12.1 Å². The number of alkyl halides is 3. The molecule has 0 spiro atoms. The van der Waals surface area contributed by atoms with Crippen LogP contribution in [0.15, 0.2) is 22.9 Å². The number of rotatable bonds is 5. The molecule has 4 rings (SSSR count). The molecule has 0 aliphatic carbocycles. The summed E-state index contributed by atoms with van der Waals surface area (Å²) in [4.78, 5) is 24.8. The first kappa shape index (κ1) is 21.2. The van der Waals surface area contributed by atoms with Gasteiger partial charge in [-0.05, 0) is 30.1 Å². The van der Waals surface area contributed by atoms with Gasteiger partial charge in [0.2, 0.25) is 5.82 Å². The molecule has 9 nitrogen and oxygen atoms in total. The summed E-state index contributed by atoms with van der Waals surface area (Å²) in [5.41, 5.74) is 1.06. The lowest BCUT2D eigenvalue weighted by atomic mass is 10.2. The maximum atomic E-state index is 12.8. The zero-order chi connectivity index (χ0) is 22.0. The minimum Gasteiger partial charge on any atom is -0.353 e. The summed E-state index contributed by atoms with van der Waals surface area (Å²) in [6.07, 6.45) is -1.68. The van der Waals surface area contributed by atoms with E-state index in [1.54, 1.807) is 17.0 Å². The van der Waals surface area contributed by atoms with Crippen molar-refractivity contribution in [3.05, 3.63) is 34.8 Å². The van der Waals surface area contributed by atoms with Crippen LogP contribution in [0, 0.1) is 0 Å². The highest BCUT2D eigenvalue weighted by molar-refractivity contribution is 7.08. The third kappa shape index (κ3) is 4.50. The second-order valence-electron chi connectivity index (χ2n) is 6.90. The van der Waals surface area contributed by atoms with Gasteiger partial charge in [-0.1, -0.05) is 23.0 Å². The number of pyridine rings is 1. The Labute approximate surface area is 179 Å². The molecule has 3 aromatic heterocycles. The van der Waals surface area contributed by atoms with Crippen molar-refractivity contribution in [3.63, 3.8) is 0 Å². The number of aryl methyl sites for hydroxylation is 1. The molecule has 1 saturated heterocycles. The van der Waals surface area contributed by atoms with E-state index in [9.17, 15) is 18.0 Å². The molecule has 164 valence electrons. The van der Waals surface area contributed by atoms with Crippen molar-refractivity contribution in [2.45, 2.75) is 25.9 Å². The molecule has 3 aromatic rings. The molecule has 1 aliphatic rings. The van der Waals surface area contributed by atoms with Crippen molar-refractivity contribution < 1.29 is 22.5 Å². The first-order chi connectivity index (χ1) is 14.9. The van der Waals surface area contributed by atoms with Crippen molar-refractivity contribution in [2.75, 3.05) is 31.1 Å². The van der Waals surface area contributed by atoms with Gasteiger partial charge in [0.1, 0.15) is 10.7 Å². The van der Waals surface area contributed by atoms with Gasteiger partial charge in [-0.15, -0.1) is 5.10 Å².